The van der Waals surface area contributed by atoms with Gasteiger partial charge in [0.05, 0.1) is 12.6 Å². The fourth-order valence-corrected chi connectivity index (χ4v) is 4.26. The minimum atomic E-state index is -0.253. The number of likely N-dealkylation sites (tertiary alicyclic amines) is 1. The number of nitrogens with one attached hydrogen (secondary N) is 1. The van der Waals surface area contributed by atoms with Crippen LogP contribution in [0, 0.1) is 13.8 Å². The van der Waals surface area contributed by atoms with Gasteiger partial charge in [0.2, 0.25) is 0 Å². The molecule has 0 aromatic carbocycles. The van der Waals surface area contributed by atoms with E-state index in [9.17, 15) is 9.59 Å². The number of hydrogen-bond acceptors (Lipinski definition) is 4. The first-order chi connectivity index (χ1) is 12.5. The summed E-state index contributed by atoms with van der Waals surface area (Å²) in [5, 5.41) is 3.00. The Labute approximate surface area is 155 Å². The Balaban J connectivity index is 1.75. The predicted octanol–water partition coefficient (Wildman–Crippen LogP) is 1.86. The third-order valence-corrected chi connectivity index (χ3v) is 5.75. The Kier molecular flexibility index (Phi) is 6.14. The maximum Gasteiger partial charge on any atom is 0.263 e. The first kappa shape index (κ1) is 19.1. The highest BCUT2D eigenvalue weighted by Gasteiger charge is 2.25. The lowest BCUT2D eigenvalue weighted by atomic mass is 10.1. The van der Waals surface area contributed by atoms with Crippen molar-refractivity contribution >= 4 is 5.91 Å². The lowest BCUT2D eigenvalue weighted by Gasteiger charge is -2.23. The molecule has 3 rings (SSSR count). The summed E-state index contributed by atoms with van der Waals surface area (Å²) in [5.74, 6) is -0.253. The molecule has 2 aliphatic rings. The fourth-order valence-electron chi connectivity index (χ4n) is 4.26. The molecule has 2 aliphatic heterocycles. The summed E-state index contributed by atoms with van der Waals surface area (Å²) in [6, 6.07) is 2.31. The number of hydrogen-bond donors (Lipinski definition) is 1. The molecule has 0 aliphatic carbocycles. The van der Waals surface area contributed by atoms with Crippen molar-refractivity contribution in [1.82, 2.24) is 14.8 Å². The van der Waals surface area contributed by atoms with Gasteiger partial charge in [-0.2, -0.15) is 0 Å². The van der Waals surface area contributed by atoms with Gasteiger partial charge in [-0.15, -0.1) is 0 Å². The van der Waals surface area contributed by atoms with Crippen molar-refractivity contribution < 1.29 is 9.53 Å². The molecule has 2 saturated heterocycles. The third kappa shape index (κ3) is 4.01. The summed E-state index contributed by atoms with van der Waals surface area (Å²) in [6.45, 7) is 9.88. The van der Waals surface area contributed by atoms with Gasteiger partial charge in [-0.25, -0.2) is 0 Å². The molecule has 1 aromatic heterocycles. The average Bonchev–Trinajstić information content (AvgIpc) is 3.27. The van der Waals surface area contributed by atoms with Gasteiger partial charge < -0.3 is 14.6 Å². The molecule has 26 heavy (non-hydrogen) atoms. The van der Waals surface area contributed by atoms with Crippen LogP contribution in [0.15, 0.2) is 10.9 Å². The van der Waals surface area contributed by atoms with Gasteiger partial charge in [-0.05, 0) is 64.3 Å². The van der Waals surface area contributed by atoms with Gasteiger partial charge in [0.25, 0.3) is 11.5 Å². The van der Waals surface area contributed by atoms with E-state index < -0.39 is 0 Å². The van der Waals surface area contributed by atoms with Crippen LogP contribution >= 0.6 is 0 Å². The van der Waals surface area contributed by atoms with Gasteiger partial charge >= 0.3 is 0 Å². The van der Waals surface area contributed by atoms with E-state index in [0.717, 1.165) is 50.2 Å². The number of pyridine rings is 1. The summed E-state index contributed by atoms with van der Waals surface area (Å²) in [6.07, 6.45) is 4.35. The molecule has 1 aromatic rings. The van der Waals surface area contributed by atoms with Crippen LogP contribution in [-0.2, 0) is 11.3 Å². The molecule has 2 atom stereocenters. The van der Waals surface area contributed by atoms with E-state index in [4.69, 9.17) is 4.74 Å². The fraction of sp³-hybridized carbons (Fsp3) is 0.700. The SMILES string of the molecule is CCN1CCC[C@@H]1CNC(=O)c1c(C)cc(C)n(C[C@@H]2CCCO2)c1=O. The lowest BCUT2D eigenvalue weighted by molar-refractivity contribution is 0.0920. The predicted molar refractivity (Wildman–Crippen MR) is 102 cm³/mol. The van der Waals surface area contributed by atoms with Crippen LogP contribution < -0.4 is 10.9 Å². The summed E-state index contributed by atoms with van der Waals surface area (Å²) in [5.41, 5.74) is 1.70. The molecule has 0 unspecified atom stereocenters. The minimum Gasteiger partial charge on any atom is -0.376 e. The number of rotatable bonds is 6. The zero-order chi connectivity index (χ0) is 18.7. The normalized spacial score (nSPS) is 23.5. The van der Waals surface area contributed by atoms with E-state index in [-0.39, 0.29) is 23.1 Å². The molecule has 1 N–H and O–H groups in total. The number of carbonyl (C=O) groups excluding carboxylic acids is 1. The molecule has 6 nitrogen and oxygen atoms in total. The summed E-state index contributed by atoms with van der Waals surface area (Å²) < 4.78 is 7.37. The Hall–Kier alpha value is -1.66. The van der Waals surface area contributed by atoms with E-state index in [1.54, 1.807) is 4.57 Å². The van der Waals surface area contributed by atoms with Crippen molar-refractivity contribution in [2.24, 2.45) is 0 Å². The molecule has 3 heterocycles. The zero-order valence-corrected chi connectivity index (χ0v) is 16.2. The van der Waals surface area contributed by atoms with Crippen molar-refractivity contribution in [3.05, 3.63) is 33.2 Å². The van der Waals surface area contributed by atoms with E-state index in [1.807, 2.05) is 19.9 Å². The molecule has 0 spiro atoms. The number of likely N-dealkylation sites (N-methyl/N-ethyl adjacent to an activating group) is 1. The van der Waals surface area contributed by atoms with Crippen LogP contribution in [0.25, 0.3) is 0 Å². The van der Waals surface area contributed by atoms with Gasteiger partial charge in [-0.1, -0.05) is 6.92 Å². The van der Waals surface area contributed by atoms with Crippen molar-refractivity contribution in [2.45, 2.75) is 65.1 Å². The second-order valence-electron chi connectivity index (χ2n) is 7.53. The number of aryl methyl sites for hydroxylation is 2. The number of carbonyl (C=O) groups is 1. The van der Waals surface area contributed by atoms with E-state index in [2.05, 4.69) is 17.1 Å². The monoisotopic (exact) mass is 361 g/mol. The number of nitrogens with zero attached hydrogens (tertiary/aromatic N) is 2. The Morgan fingerprint density at radius 1 is 1.31 bits per heavy atom. The number of ether oxygens (including phenoxy) is 1. The maximum absolute atomic E-state index is 13.0. The molecule has 0 radical (unpaired) electrons. The summed E-state index contributed by atoms with van der Waals surface area (Å²) in [7, 11) is 0. The second kappa shape index (κ2) is 8.35. The van der Waals surface area contributed by atoms with Crippen LogP contribution in [0.1, 0.15) is 54.2 Å². The first-order valence-corrected chi connectivity index (χ1v) is 9.86. The minimum absolute atomic E-state index is 0.0709. The smallest absolute Gasteiger partial charge is 0.263 e. The molecule has 144 valence electrons. The topological polar surface area (TPSA) is 63.6 Å². The van der Waals surface area contributed by atoms with Gasteiger partial charge in [0.1, 0.15) is 5.56 Å². The quantitative estimate of drug-likeness (QED) is 0.840. The average molecular weight is 361 g/mol. The molecule has 2 fully saturated rings. The van der Waals surface area contributed by atoms with Crippen molar-refractivity contribution in [3.8, 4) is 0 Å². The third-order valence-electron chi connectivity index (χ3n) is 5.75. The highest BCUT2D eigenvalue weighted by atomic mass is 16.5. The summed E-state index contributed by atoms with van der Waals surface area (Å²) >= 11 is 0. The maximum atomic E-state index is 13.0. The van der Waals surface area contributed by atoms with Crippen LogP contribution in [0.3, 0.4) is 0 Å². The van der Waals surface area contributed by atoms with Crippen molar-refractivity contribution in [2.75, 3.05) is 26.2 Å². The molecular weight excluding hydrogens is 330 g/mol. The molecule has 0 saturated carbocycles. The first-order valence-electron chi connectivity index (χ1n) is 9.86. The number of aromatic nitrogens is 1. The van der Waals surface area contributed by atoms with Crippen LogP contribution in [0.2, 0.25) is 0 Å². The van der Waals surface area contributed by atoms with E-state index in [1.165, 1.54) is 6.42 Å². The van der Waals surface area contributed by atoms with Crippen LogP contribution in [-0.4, -0.2) is 53.8 Å². The second-order valence-corrected chi connectivity index (χ2v) is 7.53. The van der Waals surface area contributed by atoms with Gasteiger partial charge in [0, 0.05) is 24.9 Å². The van der Waals surface area contributed by atoms with E-state index in [0.29, 0.717) is 19.1 Å². The van der Waals surface area contributed by atoms with Crippen LogP contribution in [0.4, 0.5) is 0 Å². The van der Waals surface area contributed by atoms with Gasteiger partial charge in [0.15, 0.2) is 0 Å². The Morgan fingerprint density at radius 3 is 2.81 bits per heavy atom. The molecule has 1 amide bonds. The molecule has 0 bridgehead atoms. The molecule has 6 heteroatoms. The van der Waals surface area contributed by atoms with Crippen molar-refractivity contribution in [1.29, 1.82) is 0 Å². The van der Waals surface area contributed by atoms with Gasteiger partial charge in [-0.3, -0.25) is 14.5 Å². The lowest BCUT2D eigenvalue weighted by Crippen LogP contribution is -2.42. The Morgan fingerprint density at radius 2 is 2.12 bits per heavy atom. The number of amides is 1. The highest BCUT2D eigenvalue weighted by Crippen LogP contribution is 2.17. The summed E-state index contributed by atoms with van der Waals surface area (Å²) in [4.78, 5) is 28.1. The zero-order valence-electron chi connectivity index (χ0n) is 16.2. The Bertz CT molecular complexity index is 707. The van der Waals surface area contributed by atoms with E-state index >= 15 is 0 Å². The highest BCUT2D eigenvalue weighted by molar-refractivity contribution is 5.95. The largest absolute Gasteiger partial charge is 0.376 e. The van der Waals surface area contributed by atoms with Crippen LogP contribution in [0.5, 0.6) is 0 Å². The van der Waals surface area contributed by atoms with Crippen molar-refractivity contribution in [3.63, 3.8) is 0 Å². The molecular formula is C20H31N3O3. The standard InChI is InChI=1S/C20H31N3O3/c1-4-22-9-5-7-16(22)12-21-19(24)18-14(2)11-15(3)23(20(18)25)13-17-8-6-10-26-17/h11,16-17H,4-10,12-13H2,1-3H3,(H,21,24)/t16-,17+/m1/s1.